The lowest BCUT2D eigenvalue weighted by Gasteiger charge is -2.08. The van der Waals surface area contributed by atoms with E-state index in [1.54, 1.807) is 0 Å². The number of aromatic carboxylic acids is 1. The summed E-state index contributed by atoms with van der Waals surface area (Å²) >= 11 is 5.75. The van der Waals surface area contributed by atoms with Gasteiger partial charge in [-0.05, 0) is 12.1 Å². The molecule has 0 aromatic carbocycles. The summed E-state index contributed by atoms with van der Waals surface area (Å²) in [6, 6.07) is 2.86. The SMILES string of the molecule is C#CCn1cc(C(=O)O)c(=O)c2ccc(Cl)nc21. The summed E-state index contributed by atoms with van der Waals surface area (Å²) in [6.07, 6.45) is 6.37. The molecule has 18 heavy (non-hydrogen) atoms. The second kappa shape index (κ2) is 4.51. The normalized spacial score (nSPS) is 10.2. The van der Waals surface area contributed by atoms with Gasteiger partial charge in [0.1, 0.15) is 16.4 Å². The molecule has 2 aromatic heterocycles. The molecule has 0 saturated carbocycles. The number of rotatable bonds is 2. The molecule has 0 unspecified atom stereocenters. The zero-order valence-corrected chi connectivity index (χ0v) is 9.81. The van der Waals surface area contributed by atoms with E-state index in [1.165, 1.54) is 22.9 Å². The van der Waals surface area contributed by atoms with Crippen LogP contribution in [0.1, 0.15) is 10.4 Å². The minimum absolute atomic E-state index is 0.102. The van der Waals surface area contributed by atoms with Gasteiger partial charge in [-0.1, -0.05) is 17.5 Å². The molecule has 0 fully saturated rings. The number of carboxylic acids is 1. The lowest BCUT2D eigenvalue weighted by molar-refractivity contribution is 0.0695. The molecule has 0 radical (unpaired) electrons. The fraction of sp³-hybridized carbons (Fsp3) is 0.0833. The van der Waals surface area contributed by atoms with Crippen molar-refractivity contribution in [3.8, 4) is 12.3 Å². The Balaban J connectivity index is 2.93. The van der Waals surface area contributed by atoms with Crippen LogP contribution in [0.4, 0.5) is 0 Å². The highest BCUT2D eigenvalue weighted by atomic mass is 35.5. The third-order valence-electron chi connectivity index (χ3n) is 2.38. The first-order valence-electron chi connectivity index (χ1n) is 4.91. The molecule has 0 spiro atoms. The predicted octanol–water partition coefficient (Wildman–Crippen LogP) is 1.38. The number of nitrogens with zero attached hydrogens (tertiary/aromatic N) is 2. The summed E-state index contributed by atoms with van der Waals surface area (Å²) in [4.78, 5) is 26.9. The Morgan fingerprint density at radius 2 is 2.28 bits per heavy atom. The molecule has 90 valence electrons. The maximum atomic E-state index is 11.9. The first kappa shape index (κ1) is 12.1. The van der Waals surface area contributed by atoms with Gasteiger partial charge >= 0.3 is 5.97 Å². The highest BCUT2D eigenvalue weighted by molar-refractivity contribution is 6.29. The number of hydrogen-bond acceptors (Lipinski definition) is 3. The number of terminal acetylenes is 1. The average Bonchev–Trinajstić information content (AvgIpc) is 2.32. The molecule has 0 aliphatic carbocycles. The third kappa shape index (κ3) is 1.94. The Hall–Kier alpha value is -2.32. The lowest BCUT2D eigenvalue weighted by Crippen LogP contribution is -2.19. The van der Waals surface area contributed by atoms with Crippen molar-refractivity contribution in [2.45, 2.75) is 6.54 Å². The molecule has 6 heteroatoms. The van der Waals surface area contributed by atoms with Crippen molar-refractivity contribution in [1.82, 2.24) is 9.55 Å². The second-order valence-corrected chi connectivity index (χ2v) is 3.90. The molecule has 0 aliphatic heterocycles. The maximum absolute atomic E-state index is 11.9. The minimum Gasteiger partial charge on any atom is -0.477 e. The number of hydrogen-bond donors (Lipinski definition) is 1. The van der Waals surface area contributed by atoms with Gasteiger partial charge in [-0.2, -0.15) is 0 Å². The van der Waals surface area contributed by atoms with E-state index in [0.29, 0.717) is 0 Å². The smallest absolute Gasteiger partial charge is 0.341 e. The van der Waals surface area contributed by atoms with Crippen molar-refractivity contribution in [2.24, 2.45) is 0 Å². The van der Waals surface area contributed by atoms with Crippen LogP contribution in [0.2, 0.25) is 5.15 Å². The Morgan fingerprint density at radius 3 is 2.89 bits per heavy atom. The lowest BCUT2D eigenvalue weighted by atomic mass is 10.2. The maximum Gasteiger partial charge on any atom is 0.341 e. The zero-order valence-electron chi connectivity index (χ0n) is 9.05. The van der Waals surface area contributed by atoms with Crippen molar-refractivity contribution >= 4 is 28.6 Å². The number of aromatic nitrogens is 2. The van der Waals surface area contributed by atoms with Crippen LogP contribution in [0.25, 0.3) is 11.0 Å². The molecule has 0 amide bonds. The molecular weight excluding hydrogens is 256 g/mol. The summed E-state index contributed by atoms with van der Waals surface area (Å²) < 4.78 is 1.41. The van der Waals surface area contributed by atoms with Crippen LogP contribution in [0.3, 0.4) is 0 Å². The van der Waals surface area contributed by atoms with Gasteiger partial charge in [0, 0.05) is 6.20 Å². The fourth-order valence-corrected chi connectivity index (χ4v) is 1.76. The van der Waals surface area contributed by atoms with E-state index < -0.39 is 11.4 Å². The predicted molar refractivity (Wildman–Crippen MR) is 66.8 cm³/mol. The minimum atomic E-state index is -1.30. The van der Waals surface area contributed by atoms with Crippen molar-refractivity contribution in [3.05, 3.63) is 39.3 Å². The highest BCUT2D eigenvalue weighted by Gasteiger charge is 2.15. The van der Waals surface area contributed by atoms with Gasteiger partial charge in [-0.25, -0.2) is 9.78 Å². The van der Waals surface area contributed by atoms with E-state index in [4.69, 9.17) is 23.1 Å². The standard InChI is InChI=1S/C12H7ClN2O3/c1-2-5-15-6-8(12(17)18)10(16)7-3-4-9(13)14-11(7)15/h1,3-4,6H,5H2,(H,17,18). The van der Waals surface area contributed by atoms with E-state index in [2.05, 4.69) is 10.9 Å². The number of pyridine rings is 2. The fourth-order valence-electron chi connectivity index (χ4n) is 1.61. The van der Waals surface area contributed by atoms with E-state index in [0.717, 1.165) is 0 Å². The molecule has 0 bridgehead atoms. The van der Waals surface area contributed by atoms with Crippen LogP contribution in [0.5, 0.6) is 0 Å². The summed E-state index contributed by atoms with van der Waals surface area (Å²) in [5, 5.41) is 9.34. The number of carboxylic acid groups (broad SMARTS) is 1. The third-order valence-corrected chi connectivity index (χ3v) is 2.59. The van der Waals surface area contributed by atoms with Crippen LogP contribution in [0, 0.1) is 12.3 Å². The van der Waals surface area contributed by atoms with E-state index in [9.17, 15) is 9.59 Å². The topological polar surface area (TPSA) is 72.2 Å². The van der Waals surface area contributed by atoms with Gasteiger partial charge in [-0.15, -0.1) is 6.42 Å². The molecule has 2 rings (SSSR count). The monoisotopic (exact) mass is 262 g/mol. The molecular formula is C12H7ClN2O3. The molecule has 5 nitrogen and oxygen atoms in total. The van der Waals surface area contributed by atoms with Crippen molar-refractivity contribution < 1.29 is 9.90 Å². The average molecular weight is 263 g/mol. The van der Waals surface area contributed by atoms with Crippen LogP contribution in [0.15, 0.2) is 23.1 Å². The van der Waals surface area contributed by atoms with E-state index in [1.807, 2.05) is 0 Å². The molecule has 0 saturated heterocycles. The summed E-state index contributed by atoms with van der Waals surface area (Å²) in [7, 11) is 0. The molecule has 2 heterocycles. The quantitative estimate of drug-likeness (QED) is 0.656. The number of halogens is 1. The van der Waals surface area contributed by atoms with Crippen LogP contribution in [-0.4, -0.2) is 20.6 Å². The highest BCUT2D eigenvalue weighted by Crippen LogP contribution is 2.13. The Bertz CT molecular complexity index is 743. The van der Waals surface area contributed by atoms with Gasteiger partial charge in [0.15, 0.2) is 0 Å². The van der Waals surface area contributed by atoms with Gasteiger partial charge < -0.3 is 9.67 Å². The summed E-state index contributed by atoms with van der Waals surface area (Å²) in [6.45, 7) is 0.102. The Kier molecular flexibility index (Phi) is 3.04. The Labute approximate surface area is 107 Å². The van der Waals surface area contributed by atoms with Gasteiger partial charge in [-0.3, -0.25) is 4.79 Å². The van der Waals surface area contributed by atoms with Crippen LogP contribution in [-0.2, 0) is 6.54 Å². The largest absolute Gasteiger partial charge is 0.477 e. The number of fused-ring (bicyclic) bond motifs is 1. The first-order valence-corrected chi connectivity index (χ1v) is 5.29. The molecule has 1 N–H and O–H groups in total. The zero-order chi connectivity index (χ0) is 13.3. The molecule has 0 atom stereocenters. The first-order chi connectivity index (χ1) is 8.54. The van der Waals surface area contributed by atoms with Crippen molar-refractivity contribution in [1.29, 1.82) is 0 Å². The van der Waals surface area contributed by atoms with Crippen LogP contribution < -0.4 is 5.43 Å². The molecule has 2 aromatic rings. The van der Waals surface area contributed by atoms with Crippen LogP contribution >= 0.6 is 11.6 Å². The second-order valence-electron chi connectivity index (χ2n) is 3.51. The van der Waals surface area contributed by atoms with Gasteiger partial charge in [0.25, 0.3) is 0 Å². The van der Waals surface area contributed by atoms with Crippen molar-refractivity contribution in [2.75, 3.05) is 0 Å². The van der Waals surface area contributed by atoms with E-state index >= 15 is 0 Å². The molecule has 0 aliphatic rings. The summed E-state index contributed by atoms with van der Waals surface area (Å²) in [5.41, 5.74) is -0.674. The van der Waals surface area contributed by atoms with Crippen molar-refractivity contribution in [3.63, 3.8) is 0 Å². The summed E-state index contributed by atoms with van der Waals surface area (Å²) in [5.74, 6) is 1.06. The van der Waals surface area contributed by atoms with E-state index in [-0.39, 0.29) is 28.3 Å². The van der Waals surface area contributed by atoms with Gasteiger partial charge in [0.05, 0.1) is 11.9 Å². The number of carbonyl (C=O) groups is 1. The van der Waals surface area contributed by atoms with Gasteiger partial charge in [0.2, 0.25) is 5.43 Å². The Morgan fingerprint density at radius 1 is 1.56 bits per heavy atom.